The fourth-order valence-corrected chi connectivity index (χ4v) is 3.41. The largest absolute Gasteiger partial charge is 0.472 e. The molecule has 136 valence electrons. The third kappa shape index (κ3) is 3.15. The van der Waals surface area contributed by atoms with Gasteiger partial charge in [0.05, 0.1) is 24.3 Å². The summed E-state index contributed by atoms with van der Waals surface area (Å²) in [5.41, 5.74) is 4.49. The van der Waals surface area contributed by atoms with Gasteiger partial charge in [-0.2, -0.15) is 5.10 Å². The lowest BCUT2D eigenvalue weighted by Gasteiger charge is -2.23. The molecule has 0 radical (unpaired) electrons. The van der Waals surface area contributed by atoms with E-state index in [-0.39, 0.29) is 6.10 Å². The number of fused-ring (bicyclic) bond motifs is 1. The Morgan fingerprint density at radius 3 is 2.93 bits per heavy atom. The molecule has 1 fully saturated rings. The lowest BCUT2D eigenvalue weighted by atomic mass is 10.1. The summed E-state index contributed by atoms with van der Waals surface area (Å²) in [4.78, 5) is 16.7. The van der Waals surface area contributed by atoms with E-state index < -0.39 is 0 Å². The van der Waals surface area contributed by atoms with Crippen molar-refractivity contribution in [1.82, 2.24) is 35.5 Å². The van der Waals surface area contributed by atoms with Gasteiger partial charge in [0.1, 0.15) is 11.8 Å². The van der Waals surface area contributed by atoms with Crippen molar-refractivity contribution in [3.05, 3.63) is 43.2 Å². The second-order valence-electron chi connectivity index (χ2n) is 6.64. The van der Waals surface area contributed by atoms with Crippen molar-refractivity contribution in [3.8, 4) is 28.3 Å². The van der Waals surface area contributed by atoms with E-state index in [2.05, 4.69) is 41.5 Å². The molecule has 0 aromatic carbocycles. The Kier molecular flexibility index (Phi) is 4.02. The van der Waals surface area contributed by atoms with Gasteiger partial charge in [-0.3, -0.25) is 10.1 Å². The summed E-state index contributed by atoms with van der Waals surface area (Å²) in [5, 5.41) is 11.2. The number of pyridine rings is 1. The summed E-state index contributed by atoms with van der Waals surface area (Å²) < 4.78 is 6.01. The Labute approximate surface area is 155 Å². The Morgan fingerprint density at radius 2 is 2.07 bits per heavy atom. The van der Waals surface area contributed by atoms with Crippen molar-refractivity contribution in [2.75, 3.05) is 13.1 Å². The minimum absolute atomic E-state index is 0.139. The first kappa shape index (κ1) is 16.0. The maximum absolute atomic E-state index is 6.01. The molecule has 0 aliphatic carbocycles. The fraction of sp³-hybridized carbons (Fsp3) is 0.263. The van der Waals surface area contributed by atoms with Gasteiger partial charge in [0, 0.05) is 47.2 Å². The molecule has 27 heavy (non-hydrogen) atoms. The van der Waals surface area contributed by atoms with Crippen molar-refractivity contribution in [3.63, 3.8) is 0 Å². The van der Waals surface area contributed by atoms with Crippen LogP contribution in [0.2, 0.25) is 0 Å². The second kappa shape index (κ2) is 6.81. The predicted molar refractivity (Wildman–Crippen MR) is 101 cm³/mol. The highest BCUT2D eigenvalue weighted by atomic mass is 16.5. The van der Waals surface area contributed by atoms with Gasteiger partial charge in [-0.25, -0.2) is 9.97 Å². The molecule has 8 nitrogen and oxygen atoms in total. The first-order chi connectivity index (χ1) is 13.4. The molecule has 5 heterocycles. The molecule has 1 aliphatic rings. The zero-order valence-corrected chi connectivity index (χ0v) is 14.6. The number of hydrogen-bond donors (Lipinski definition) is 3. The van der Waals surface area contributed by atoms with Crippen LogP contribution in [-0.4, -0.2) is 49.3 Å². The first-order valence-electron chi connectivity index (χ1n) is 9.03. The maximum Gasteiger partial charge on any atom is 0.233 e. The zero-order valence-electron chi connectivity index (χ0n) is 14.6. The summed E-state index contributed by atoms with van der Waals surface area (Å²) >= 11 is 0. The van der Waals surface area contributed by atoms with E-state index in [1.54, 1.807) is 18.6 Å². The summed E-state index contributed by atoms with van der Waals surface area (Å²) in [7, 11) is 0. The van der Waals surface area contributed by atoms with Gasteiger partial charge >= 0.3 is 0 Å². The summed E-state index contributed by atoms with van der Waals surface area (Å²) in [5.74, 6) is 0.550. The average Bonchev–Trinajstić information content (AvgIpc) is 3.38. The van der Waals surface area contributed by atoms with Gasteiger partial charge in [-0.15, -0.1) is 0 Å². The molecule has 4 aromatic heterocycles. The minimum atomic E-state index is 0.139. The molecular weight excluding hydrogens is 342 g/mol. The summed E-state index contributed by atoms with van der Waals surface area (Å²) in [6, 6.07) is 2.08. The van der Waals surface area contributed by atoms with E-state index in [1.807, 2.05) is 18.6 Å². The van der Waals surface area contributed by atoms with E-state index in [1.165, 1.54) is 0 Å². The Bertz CT molecular complexity index is 1050. The molecular formula is C19H19N7O. The highest BCUT2D eigenvalue weighted by Crippen LogP contribution is 2.30. The third-order valence-corrected chi connectivity index (χ3v) is 4.79. The highest BCUT2D eigenvalue weighted by Gasteiger charge is 2.16. The van der Waals surface area contributed by atoms with Gasteiger partial charge < -0.3 is 15.0 Å². The van der Waals surface area contributed by atoms with Crippen LogP contribution in [0.4, 0.5) is 0 Å². The van der Waals surface area contributed by atoms with Gasteiger partial charge in [0.25, 0.3) is 0 Å². The fourth-order valence-electron chi connectivity index (χ4n) is 3.41. The van der Waals surface area contributed by atoms with Crippen LogP contribution in [0.5, 0.6) is 5.88 Å². The molecule has 0 bridgehead atoms. The normalized spacial score (nSPS) is 17.3. The number of piperidine rings is 1. The molecule has 5 rings (SSSR count). The summed E-state index contributed by atoms with van der Waals surface area (Å²) in [6.45, 7) is 1.89. The van der Waals surface area contributed by atoms with Crippen molar-refractivity contribution in [2.45, 2.75) is 18.9 Å². The highest BCUT2D eigenvalue weighted by molar-refractivity contribution is 5.94. The van der Waals surface area contributed by atoms with E-state index in [4.69, 9.17) is 4.74 Å². The van der Waals surface area contributed by atoms with Crippen LogP contribution in [0, 0.1) is 0 Å². The number of aromatic amines is 2. The number of rotatable bonds is 4. The van der Waals surface area contributed by atoms with Crippen molar-refractivity contribution in [2.24, 2.45) is 0 Å². The third-order valence-electron chi connectivity index (χ3n) is 4.79. The minimum Gasteiger partial charge on any atom is -0.472 e. The first-order valence-corrected chi connectivity index (χ1v) is 9.03. The Morgan fingerprint density at radius 1 is 1.07 bits per heavy atom. The predicted octanol–water partition coefficient (Wildman–Crippen LogP) is 2.54. The monoisotopic (exact) mass is 361 g/mol. The molecule has 8 heteroatoms. The van der Waals surface area contributed by atoms with Crippen LogP contribution in [0.25, 0.3) is 33.4 Å². The SMILES string of the molecule is c1n[nH]cc1-c1cnc2[nH]cc(-c3cncc(O[C@@H]4CCCNC4)n3)c2c1. The molecule has 0 spiro atoms. The molecule has 0 saturated carbocycles. The topological polar surface area (TPSA) is 104 Å². The second-order valence-corrected chi connectivity index (χ2v) is 6.64. The number of hydrogen-bond acceptors (Lipinski definition) is 6. The zero-order chi connectivity index (χ0) is 18.1. The van der Waals surface area contributed by atoms with Crippen LogP contribution in [0.15, 0.2) is 43.2 Å². The molecule has 0 unspecified atom stereocenters. The average molecular weight is 361 g/mol. The van der Waals surface area contributed by atoms with Crippen molar-refractivity contribution in [1.29, 1.82) is 0 Å². The van der Waals surface area contributed by atoms with Crippen LogP contribution in [0.1, 0.15) is 12.8 Å². The van der Waals surface area contributed by atoms with Crippen LogP contribution in [0.3, 0.4) is 0 Å². The molecule has 1 saturated heterocycles. The van der Waals surface area contributed by atoms with E-state index in [9.17, 15) is 0 Å². The van der Waals surface area contributed by atoms with Crippen molar-refractivity contribution >= 4 is 11.0 Å². The Balaban J connectivity index is 1.49. The standard InChI is InChI=1S/C19H19N7O/c1-2-14(8-20-3-1)27-18-11-21-10-17(26-18)16-9-23-19-15(16)4-12(5-22-19)13-6-24-25-7-13/h4-7,9-11,14,20H,1-3,8H2,(H,22,23)(H,24,25)/t14-/m1/s1. The van der Waals surface area contributed by atoms with E-state index in [0.717, 1.165) is 59.3 Å². The van der Waals surface area contributed by atoms with Gasteiger partial charge in [-0.05, 0) is 25.5 Å². The van der Waals surface area contributed by atoms with Gasteiger partial charge in [0.15, 0.2) is 0 Å². The summed E-state index contributed by atoms with van der Waals surface area (Å²) in [6.07, 6.45) is 13.1. The van der Waals surface area contributed by atoms with E-state index in [0.29, 0.717) is 5.88 Å². The van der Waals surface area contributed by atoms with Crippen LogP contribution >= 0.6 is 0 Å². The number of ether oxygens (including phenoxy) is 1. The van der Waals surface area contributed by atoms with Crippen LogP contribution < -0.4 is 10.1 Å². The molecule has 1 atom stereocenters. The van der Waals surface area contributed by atoms with Crippen molar-refractivity contribution < 1.29 is 4.74 Å². The van der Waals surface area contributed by atoms with Crippen LogP contribution in [-0.2, 0) is 0 Å². The van der Waals surface area contributed by atoms with Gasteiger partial charge in [0.2, 0.25) is 5.88 Å². The molecule has 0 amide bonds. The quantitative estimate of drug-likeness (QED) is 0.516. The molecule has 1 aliphatic heterocycles. The number of H-pyrrole nitrogens is 2. The maximum atomic E-state index is 6.01. The molecule has 4 aromatic rings. The number of nitrogens with one attached hydrogen (secondary N) is 3. The Hall–Kier alpha value is -3.26. The number of aromatic nitrogens is 6. The van der Waals surface area contributed by atoms with E-state index >= 15 is 0 Å². The lowest BCUT2D eigenvalue weighted by molar-refractivity contribution is 0.160. The lowest BCUT2D eigenvalue weighted by Crippen LogP contribution is -2.37. The van der Waals surface area contributed by atoms with Gasteiger partial charge in [-0.1, -0.05) is 0 Å². The molecule has 3 N–H and O–H groups in total. The smallest absolute Gasteiger partial charge is 0.233 e. The number of nitrogens with zero attached hydrogens (tertiary/aromatic N) is 4.